The lowest BCUT2D eigenvalue weighted by atomic mass is 9.69. The van der Waals surface area contributed by atoms with Gasteiger partial charge in [-0.25, -0.2) is 4.21 Å². The molecule has 6 atom stereocenters. The summed E-state index contributed by atoms with van der Waals surface area (Å²) in [5.41, 5.74) is 3.84. The number of anilines is 1. The number of nitrogens with one attached hydrogen (secondary N) is 1. The molecule has 6 unspecified atom stereocenters. The van der Waals surface area contributed by atoms with Crippen molar-refractivity contribution in [1.29, 1.82) is 0 Å². The smallest absolute Gasteiger partial charge is 0.263 e. The highest BCUT2D eigenvalue weighted by Crippen LogP contribution is 2.43. The Kier molecular flexibility index (Phi) is 8.99. The Hall–Kier alpha value is -2.35. The molecular formula is C31H39ClN2O4S. The lowest BCUT2D eigenvalue weighted by Crippen LogP contribution is -2.44. The van der Waals surface area contributed by atoms with E-state index in [0.717, 1.165) is 55.2 Å². The number of halogens is 1. The third-order valence-electron chi connectivity index (χ3n) is 8.40. The van der Waals surface area contributed by atoms with Gasteiger partial charge in [0.05, 0.1) is 18.4 Å². The molecule has 3 aliphatic rings. The fraction of sp³-hybridized carbons (Fsp3) is 0.516. The molecule has 2 aromatic rings. The second-order valence-corrected chi connectivity index (χ2v) is 13.0. The van der Waals surface area contributed by atoms with Gasteiger partial charge in [0.25, 0.3) is 5.91 Å². The Bertz CT molecular complexity index is 1250. The molecule has 0 spiro atoms. The first-order valence-electron chi connectivity index (χ1n) is 14.2. The molecule has 1 saturated carbocycles. The van der Waals surface area contributed by atoms with Crippen LogP contribution in [0.4, 0.5) is 5.69 Å². The van der Waals surface area contributed by atoms with E-state index in [1.807, 2.05) is 37.3 Å². The number of carbonyl (C=O) groups is 1. The van der Waals surface area contributed by atoms with Crippen LogP contribution >= 0.6 is 11.6 Å². The highest BCUT2D eigenvalue weighted by atomic mass is 35.5. The van der Waals surface area contributed by atoms with Crippen molar-refractivity contribution in [2.75, 3.05) is 30.3 Å². The van der Waals surface area contributed by atoms with Crippen molar-refractivity contribution >= 4 is 34.2 Å². The number of benzene rings is 2. The monoisotopic (exact) mass is 570 g/mol. The van der Waals surface area contributed by atoms with Gasteiger partial charge in [0.15, 0.2) is 0 Å². The second-order valence-electron chi connectivity index (χ2n) is 11.3. The van der Waals surface area contributed by atoms with Gasteiger partial charge in [-0.05, 0) is 84.9 Å². The van der Waals surface area contributed by atoms with Crippen LogP contribution in [0.1, 0.15) is 66.9 Å². The van der Waals surface area contributed by atoms with Crippen molar-refractivity contribution < 1.29 is 18.8 Å². The topological polar surface area (TPSA) is 78.9 Å². The van der Waals surface area contributed by atoms with Crippen LogP contribution < -0.4 is 14.4 Å². The Morgan fingerprint density at radius 2 is 2.03 bits per heavy atom. The number of rotatable bonds is 3. The molecule has 2 bridgehead atoms. The summed E-state index contributed by atoms with van der Waals surface area (Å²) >= 11 is 6.37. The summed E-state index contributed by atoms with van der Waals surface area (Å²) in [4.78, 5) is 15.4. The lowest BCUT2D eigenvalue weighted by Gasteiger charge is -2.43. The zero-order chi connectivity index (χ0) is 27.5. The minimum atomic E-state index is -1.50. The molecule has 0 radical (unpaired) electrons. The molecule has 2 heterocycles. The number of hydrogen-bond acceptors (Lipinski definition) is 5. The van der Waals surface area contributed by atoms with Crippen molar-refractivity contribution in [2.24, 2.45) is 17.8 Å². The number of aliphatic hydroxyl groups is 1. The predicted octanol–water partition coefficient (Wildman–Crippen LogP) is 5.65. The molecule has 1 amide bonds. The minimum Gasteiger partial charge on any atom is -0.491 e. The van der Waals surface area contributed by atoms with Crippen LogP contribution in [0.2, 0.25) is 5.02 Å². The third kappa shape index (κ3) is 6.53. The van der Waals surface area contributed by atoms with E-state index in [9.17, 15) is 14.1 Å². The van der Waals surface area contributed by atoms with Gasteiger partial charge >= 0.3 is 0 Å². The highest BCUT2D eigenvalue weighted by molar-refractivity contribution is 7.83. The van der Waals surface area contributed by atoms with Crippen LogP contribution in [-0.2, 0) is 17.4 Å². The summed E-state index contributed by atoms with van der Waals surface area (Å²) in [5.74, 6) is 1.47. The predicted molar refractivity (Wildman–Crippen MR) is 158 cm³/mol. The van der Waals surface area contributed by atoms with Gasteiger partial charge in [0, 0.05) is 35.3 Å². The SMILES string of the molecule is CCCc1cc(Cl)ccc1C1COc2ccc3cc2N(C1)CC1CCC1C(O)C/C=C/C(C)CS(=O)NC3=O. The van der Waals surface area contributed by atoms with E-state index in [4.69, 9.17) is 16.3 Å². The highest BCUT2D eigenvalue weighted by Gasteiger charge is 2.38. The van der Waals surface area contributed by atoms with Crippen LogP contribution in [0.15, 0.2) is 48.6 Å². The number of aliphatic hydroxyl groups excluding tert-OH is 1. The minimum absolute atomic E-state index is 0.0294. The zero-order valence-electron chi connectivity index (χ0n) is 22.8. The normalized spacial score (nSPS) is 30.3. The number of ether oxygens (including phenoxy) is 1. The van der Waals surface area contributed by atoms with Gasteiger partial charge in [-0.2, -0.15) is 0 Å². The molecule has 39 heavy (non-hydrogen) atoms. The van der Waals surface area contributed by atoms with Crippen molar-refractivity contribution in [3.63, 3.8) is 0 Å². The summed E-state index contributed by atoms with van der Waals surface area (Å²) in [7, 11) is -1.50. The van der Waals surface area contributed by atoms with Crippen molar-refractivity contribution in [2.45, 2.75) is 58.0 Å². The summed E-state index contributed by atoms with van der Waals surface area (Å²) < 4.78 is 21.7. The fourth-order valence-electron chi connectivity index (χ4n) is 6.19. The molecule has 2 aromatic carbocycles. The molecule has 2 aliphatic heterocycles. The lowest BCUT2D eigenvalue weighted by molar-refractivity contribution is 0.0180. The number of hydrogen-bond donors (Lipinski definition) is 2. The molecule has 210 valence electrons. The number of allylic oxidation sites excluding steroid dienone is 1. The average Bonchev–Trinajstić information content (AvgIpc) is 3.05. The summed E-state index contributed by atoms with van der Waals surface area (Å²) in [6.45, 7) is 6.19. The van der Waals surface area contributed by atoms with Crippen molar-refractivity contribution in [3.05, 3.63) is 70.3 Å². The van der Waals surface area contributed by atoms with Gasteiger partial charge in [-0.1, -0.05) is 50.1 Å². The summed E-state index contributed by atoms with van der Waals surface area (Å²) in [6.07, 6.45) is 8.24. The third-order valence-corrected chi connectivity index (χ3v) is 9.87. The number of carbonyl (C=O) groups excluding carboxylic acids is 1. The zero-order valence-corrected chi connectivity index (χ0v) is 24.3. The maximum atomic E-state index is 13.1. The van der Waals surface area contributed by atoms with Gasteiger partial charge in [-0.3, -0.25) is 9.52 Å². The Morgan fingerprint density at radius 3 is 2.79 bits per heavy atom. The Labute approximate surface area is 239 Å². The first-order valence-corrected chi connectivity index (χ1v) is 15.9. The van der Waals surface area contributed by atoms with E-state index >= 15 is 0 Å². The average molecular weight is 571 g/mol. The standard InChI is InChI=1S/C31H39ClN2O4S/c1-3-5-21-14-25(32)10-12-26(21)24-17-34-16-23-8-11-27(23)29(35)7-4-6-20(2)19-39(37)33-31(36)22-9-13-30(38-18-24)28(34)15-22/h4,6,9-10,12-15,20,23-24,27,29,35H,3,5,7-8,11,16-19H2,1-2H3,(H,33,36)/b6-4+. The second kappa shape index (κ2) is 12.4. The maximum absolute atomic E-state index is 13.1. The Balaban J connectivity index is 1.51. The number of nitrogens with zero attached hydrogens (tertiary/aromatic N) is 1. The molecule has 6 nitrogen and oxygen atoms in total. The molecule has 1 fully saturated rings. The fourth-order valence-corrected chi connectivity index (χ4v) is 7.38. The quantitative estimate of drug-likeness (QED) is 0.466. The van der Waals surface area contributed by atoms with E-state index in [2.05, 4.69) is 28.7 Å². The largest absolute Gasteiger partial charge is 0.491 e. The first-order chi connectivity index (χ1) is 18.8. The molecule has 0 saturated heterocycles. The Morgan fingerprint density at radius 1 is 1.18 bits per heavy atom. The van der Waals surface area contributed by atoms with E-state index < -0.39 is 17.1 Å². The van der Waals surface area contributed by atoms with E-state index in [-0.39, 0.29) is 23.7 Å². The molecular weight excluding hydrogens is 532 g/mol. The van der Waals surface area contributed by atoms with Crippen LogP contribution in [-0.4, -0.2) is 46.8 Å². The van der Waals surface area contributed by atoms with E-state index in [0.29, 0.717) is 30.3 Å². The van der Waals surface area contributed by atoms with Gasteiger partial charge in [-0.15, -0.1) is 0 Å². The van der Waals surface area contributed by atoms with Gasteiger partial charge < -0.3 is 14.7 Å². The van der Waals surface area contributed by atoms with E-state index in [1.54, 1.807) is 6.07 Å². The van der Waals surface area contributed by atoms with Crippen molar-refractivity contribution in [3.8, 4) is 5.75 Å². The van der Waals surface area contributed by atoms with Crippen LogP contribution in [0.3, 0.4) is 0 Å². The molecule has 0 aromatic heterocycles. The first kappa shape index (κ1) is 28.2. The number of fused-ring (bicyclic) bond motifs is 2. The summed E-state index contributed by atoms with van der Waals surface area (Å²) in [6, 6.07) is 11.6. The van der Waals surface area contributed by atoms with Gasteiger partial charge in [0.2, 0.25) is 0 Å². The molecule has 5 rings (SSSR count). The van der Waals surface area contributed by atoms with Crippen LogP contribution in [0.5, 0.6) is 5.75 Å². The number of aryl methyl sites for hydroxylation is 1. The summed E-state index contributed by atoms with van der Waals surface area (Å²) in [5, 5.41) is 11.8. The maximum Gasteiger partial charge on any atom is 0.263 e. The van der Waals surface area contributed by atoms with E-state index in [1.165, 1.54) is 11.1 Å². The molecule has 8 heteroatoms. The van der Waals surface area contributed by atoms with Crippen LogP contribution in [0.25, 0.3) is 0 Å². The molecule has 1 aliphatic carbocycles. The number of amides is 1. The van der Waals surface area contributed by atoms with Gasteiger partial charge in [0.1, 0.15) is 16.7 Å². The van der Waals surface area contributed by atoms with Crippen molar-refractivity contribution in [1.82, 2.24) is 4.72 Å². The van der Waals surface area contributed by atoms with Crippen LogP contribution in [0, 0.1) is 17.8 Å². The molecule has 2 N–H and O–H groups in total.